The highest BCUT2D eigenvalue weighted by Gasteiger charge is 2.27. The number of amides is 1. The van der Waals surface area contributed by atoms with E-state index in [0.717, 1.165) is 17.6 Å². The van der Waals surface area contributed by atoms with E-state index < -0.39 is 0 Å². The van der Waals surface area contributed by atoms with E-state index in [1.807, 2.05) is 37.5 Å². The zero-order chi connectivity index (χ0) is 21.4. The average molecular weight is 389 g/mol. The highest BCUT2D eigenvalue weighted by atomic mass is 16.1. The number of likely N-dealkylation sites (N-methyl/N-ethyl adjacent to an activating group) is 1. The van der Waals surface area contributed by atoms with Crippen LogP contribution in [0.5, 0.6) is 0 Å². The maximum absolute atomic E-state index is 11.4. The smallest absolute Gasteiger partial charge is 0.243 e. The van der Waals surface area contributed by atoms with E-state index >= 15 is 0 Å². The number of rotatable bonds is 6. The van der Waals surface area contributed by atoms with E-state index in [0.29, 0.717) is 0 Å². The van der Waals surface area contributed by atoms with Gasteiger partial charge in [0.25, 0.3) is 0 Å². The van der Waals surface area contributed by atoms with Gasteiger partial charge in [-0.15, -0.1) is 0 Å². The summed E-state index contributed by atoms with van der Waals surface area (Å²) in [5.74, 6) is -0.0906. The van der Waals surface area contributed by atoms with Crippen LogP contribution in [0.2, 0.25) is 0 Å². The molecular weight excluding hydrogens is 356 g/mol. The predicted octanol–water partition coefficient (Wildman–Crippen LogP) is 5.96. The summed E-state index contributed by atoms with van der Waals surface area (Å²) in [5, 5.41) is 2.59. The molecule has 1 aromatic heterocycles. The molecule has 29 heavy (non-hydrogen) atoms. The Labute approximate surface area is 175 Å². The fraction of sp³-hybridized carbons (Fsp3) is 0.308. The summed E-state index contributed by atoms with van der Waals surface area (Å²) in [5.41, 5.74) is 7.26. The average Bonchev–Trinajstić information content (AvgIpc) is 2.68. The third-order valence-corrected chi connectivity index (χ3v) is 5.16. The molecule has 0 fully saturated rings. The summed E-state index contributed by atoms with van der Waals surface area (Å²) in [7, 11) is 1.63. The third-order valence-electron chi connectivity index (χ3n) is 5.16. The van der Waals surface area contributed by atoms with Crippen LogP contribution < -0.4 is 5.32 Å². The van der Waals surface area contributed by atoms with Gasteiger partial charge in [-0.3, -0.25) is 9.78 Å². The van der Waals surface area contributed by atoms with Gasteiger partial charge in [-0.05, 0) is 66.5 Å². The van der Waals surface area contributed by atoms with E-state index in [2.05, 4.69) is 68.4 Å². The summed E-state index contributed by atoms with van der Waals surface area (Å²) in [6.45, 7) is 10.8. The maximum atomic E-state index is 11.4. The molecule has 3 nitrogen and oxygen atoms in total. The number of nitrogens with zero attached hydrogens (tertiary/aromatic N) is 1. The van der Waals surface area contributed by atoms with Gasteiger partial charge in [0.1, 0.15) is 0 Å². The molecule has 0 atom stereocenters. The van der Waals surface area contributed by atoms with Crippen LogP contribution in [-0.2, 0) is 4.79 Å². The number of aromatic nitrogens is 1. The lowest BCUT2D eigenvalue weighted by Gasteiger charge is -2.32. The van der Waals surface area contributed by atoms with E-state index in [1.54, 1.807) is 13.1 Å². The summed E-state index contributed by atoms with van der Waals surface area (Å²) in [6.07, 6.45) is 19.0. The molecule has 1 aliphatic rings. The van der Waals surface area contributed by atoms with Crippen LogP contribution in [0.3, 0.4) is 0 Å². The number of nitrogens with one attached hydrogen (secondary N) is 1. The number of hydrogen-bond acceptors (Lipinski definition) is 2. The quantitative estimate of drug-likeness (QED) is 0.482. The van der Waals surface area contributed by atoms with Crippen LogP contribution >= 0.6 is 0 Å². The molecule has 1 amide bonds. The molecule has 0 bridgehead atoms. The minimum Gasteiger partial charge on any atom is -0.356 e. The van der Waals surface area contributed by atoms with Crippen LogP contribution in [-0.4, -0.2) is 17.9 Å². The van der Waals surface area contributed by atoms with Gasteiger partial charge in [-0.2, -0.15) is 0 Å². The first-order chi connectivity index (χ1) is 13.7. The first kappa shape index (κ1) is 22.4. The Kier molecular flexibility index (Phi) is 7.72. The highest BCUT2D eigenvalue weighted by molar-refractivity contribution is 5.88. The number of allylic oxidation sites excluding steroid dienone is 11. The first-order valence-electron chi connectivity index (χ1n) is 10.00. The molecule has 0 unspecified atom stereocenters. The Hall–Kier alpha value is -2.94. The van der Waals surface area contributed by atoms with Crippen LogP contribution in [0, 0.1) is 5.41 Å². The lowest BCUT2D eigenvalue weighted by molar-refractivity contribution is -0.116. The number of pyridine rings is 1. The molecule has 1 aromatic rings. The normalized spacial score (nSPS) is 17.8. The van der Waals surface area contributed by atoms with Crippen molar-refractivity contribution in [2.75, 3.05) is 7.05 Å². The predicted molar refractivity (Wildman–Crippen MR) is 123 cm³/mol. The fourth-order valence-corrected chi connectivity index (χ4v) is 3.43. The summed E-state index contributed by atoms with van der Waals surface area (Å²) >= 11 is 0. The van der Waals surface area contributed by atoms with Crippen LogP contribution in [0.4, 0.5) is 0 Å². The number of carbonyl (C=O) groups is 1. The largest absolute Gasteiger partial charge is 0.356 e. The van der Waals surface area contributed by atoms with Gasteiger partial charge in [0.05, 0.1) is 0 Å². The van der Waals surface area contributed by atoms with E-state index in [-0.39, 0.29) is 11.3 Å². The zero-order valence-corrected chi connectivity index (χ0v) is 18.4. The zero-order valence-electron chi connectivity index (χ0n) is 18.4. The van der Waals surface area contributed by atoms with Crippen molar-refractivity contribution >= 4 is 11.5 Å². The van der Waals surface area contributed by atoms with Crippen molar-refractivity contribution in [1.29, 1.82) is 0 Å². The van der Waals surface area contributed by atoms with Crippen molar-refractivity contribution in [2.24, 2.45) is 5.41 Å². The minimum atomic E-state index is -0.0906. The molecule has 1 N–H and O–H groups in total. The molecule has 3 heteroatoms. The van der Waals surface area contributed by atoms with Crippen molar-refractivity contribution in [3.63, 3.8) is 0 Å². The van der Waals surface area contributed by atoms with Gasteiger partial charge in [0.2, 0.25) is 5.91 Å². The molecule has 0 radical (unpaired) electrons. The minimum absolute atomic E-state index is 0.0906. The molecule has 2 rings (SSSR count). The Morgan fingerprint density at radius 1 is 1.21 bits per heavy atom. The van der Waals surface area contributed by atoms with Crippen LogP contribution in [0.1, 0.15) is 46.6 Å². The van der Waals surface area contributed by atoms with Gasteiger partial charge in [-0.1, -0.05) is 61.9 Å². The molecule has 0 spiro atoms. The highest BCUT2D eigenvalue weighted by Crippen LogP contribution is 2.43. The Balaban J connectivity index is 2.23. The van der Waals surface area contributed by atoms with E-state index in [9.17, 15) is 4.79 Å². The molecule has 0 aromatic carbocycles. The van der Waals surface area contributed by atoms with Gasteiger partial charge >= 0.3 is 0 Å². The third kappa shape index (κ3) is 6.28. The van der Waals surface area contributed by atoms with Gasteiger partial charge < -0.3 is 5.32 Å². The molecular formula is C26H32N2O. The van der Waals surface area contributed by atoms with E-state index in [1.165, 1.54) is 22.3 Å². The van der Waals surface area contributed by atoms with Crippen molar-refractivity contribution in [3.05, 3.63) is 94.9 Å². The number of hydrogen-bond donors (Lipinski definition) is 1. The lowest BCUT2D eigenvalue weighted by Crippen LogP contribution is -2.18. The Morgan fingerprint density at radius 2 is 1.97 bits per heavy atom. The summed E-state index contributed by atoms with van der Waals surface area (Å²) < 4.78 is 0. The van der Waals surface area contributed by atoms with Crippen LogP contribution in [0.25, 0.3) is 5.57 Å². The van der Waals surface area contributed by atoms with Crippen LogP contribution in [0.15, 0.2) is 89.4 Å². The monoisotopic (exact) mass is 388 g/mol. The van der Waals surface area contributed by atoms with Crippen molar-refractivity contribution in [1.82, 2.24) is 10.3 Å². The standard InChI is InChI=1S/C26H32N2O/c1-19(9-7-10-20(2)17-25(29)27-6)12-13-24-21(3)23(14-15-26(24,4)5)22-11-8-16-28-18-22/h7-14,16-18H,15H2,1-6H3,(H,27,29)/b10-7+,13-12+,19-9+,20-17-. The second-order valence-electron chi connectivity index (χ2n) is 8.09. The second kappa shape index (κ2) is 10.0. The Morgan fingerprint density at radius 3 is 2.62 bits per heavy atom. The van der Waals surface area contributed by atoms with Crippen molar-refractivity contribution in [3.8, 4) is 0 Å². The molecule has 0 saturated heterocycles. The van der Waals surface area contributed by atoms with Gasteiger partial charge in [0, 0.05) is 25.5 Å². The van der Waals surface area contributed by atoms with E-state index in [4.69, 9.17) is 0 Å². The molecule has 1 heterocycles. The van der Waals surface area contributed by atoms with Crippen molar-refractivity contribution < 1.29 is 4.79 Å². The first-order valence-corrected chi connectivity index (χ1v) is 10.00. The second-order valence-corrected chi connectivity index (χ2v) is 8.09. The molecule has 1 aliphatic carbocycles. The molecule has 0 aliphatic heterocycles. The fourth-order valence-electron chi connectivity index (χ4n) is 3.43. The molecule has 152 valence electrons. The Bertz CT molecular complexity index is 923. The number of carbonyl (C=O) groups excluding carboxylic acids is 1. The lowest BCUT2D eigenvalue weighted by atomic mass is 9.72. The van der Waals surface area contributed by atoms with Gasteiger partial charge in [-0.25, -0.2) is 0 Å². The maximum Gasteiger partial charge on any atom is 0.243 e. The SMILES string of the molecule is CNC(=O)\C=C(C)/C=C/C=C(C)/C=C/C1=C(C)C(c2cccnc2)=CCC1(C)C. The summed E-state index contributed by atoms with van der Waals surface area (Å²) in [6, 6.07) is 4.10. The topological polar surface area (TPSA) is 42.0 Å². The molecule has 0 saturated carbocycles. The van der Waals surface area contributed by atoms with Crippen molar-refractivity contribution in [2.45, 2.75) is 41.0 Å². The van der Waals surface area contributed by atoms with Gasteiger partial charge in [0.15, 0.2) is 0 Å². The summed E-state index contributed by atoms with van der Waals surface area (Å²) in [4.78, 5) is 15.6.